The third kappa shape index (κ3) is 6.63. The minimum absolute atomic E-state index is 0.0481. The van der Waals surface area contributed by atoms with Crippen LogP contribution in [0.2, 0.25) is 0 Å². The van der Waals surface area contributed by atoms with E-state index in [-0.39, 0.29) is 37.1 Å². The highest BCUT2D eigenvalue weighted by Crippen LogP contribution is 2.21. The lowest BCUT2D eigenvalue weighted by atomic mass is 10.1. The maximum atomic E-state index is 13.5. The summed E-state index contributed by atoms with van der Waals surface area (Å²) in [5, 5.41) is 0. The van der Waals surface area contributed by atoms with Crippen LogP contribution in [0.25, 0.3) is 0 Å². The van der Waals surface area contributed by atoms with E-state index in [0.29, 0.717) is 12.2 Å². The second-order valence-electron chi connectivity index (χ2n) is 9.04. The summed E-state index contributed by atoms with van der Waals surface area (Å²) in [5.74, 6) is 0.475. The number of aromatic amines is 1. The molecule has 0 radical (unpaired) electrons. The van der Waals surface area contributed by atoms with Crippen molar-refractivity contribution in [3.05, 3.63) is 86.6 Å². The SMILES string of the molecule is COc1cccc(COC(C)C(=O)N(CCC(C)C)c2c(N)n(Cc3ccccc3)c(=O)[nH]c2=O)c1. The number of ether oxygens (including phenoxy) is 2. The first-order valence-corrected chi connectivity index (χ1v) is 11.9. The Morgan fingerprint density at radius 1 is 1.06 bits per heavy atom. The zero-order chi connectivity index (χ0) is 26.2. The monoisotopic (exact) mass is 494 g/mol. The molecule has 0 fully saturated rings. The number of methoxy groups -OCH3 is 1. The van der Waals surface area contributed by atoms with Crippen molar-refractivity contribution >= 4 is 17.4 Å². The summed E-state index contributed by atoms with van der Waals surface area (Å²) in [6, 6.07) is 16.6. The lowest BCUT2D eigenvalue weighted by Crippen LogP contribution is -2.45. The first kappa shape index (κ1) is 26.7. The number of nitrogens with zero attached hydrogens (tertiary/aromatic N) is 2. The highest BCUT2D eigenvalue weighted by molar-refractivity contribution is 5.98. The maximum absolute atomic E-state index is 13.5. The second-order valence-corrected chi connectivity index (χ2v) is 9.04. The molecule has 0 aliphatic rings. The Hall–Kier alpha value is -3.85. The van der Waals surface area contributed by atoms with Gasteiger partial charge in [-0.05, 0) is 42.5 Å². The molecule has 1 atom stereocenters. The van der Waals surface area contributed by atoms with E-state index in [2.05, 4.69) is 4.98 Å². The van der Waals surface area contributed by atoms with Crippen LogP contribution in [-0.2, 0) is 22.7 Å². The molecule has 1 heterocycles. The van der Waals surface area contributed by atoms with Crippen molar-refractivity contribution in [3.8, 4) is 5.75 Å². The number of carbonyl (C=O) groups excluding carboxylic acids is 1. The van der Waals surface area contributed by atoms with Gasteiger partial charge in [-0.25, -0.2) is 4.79 Å². The number of aromatic nitrogens is 2. The normalized spacial score (nSPS) is 11.9. The number of nitrogens with one attached hydrogen (secondary N) is 1. The van der Waals surface area contributed by atoms with Gasteiger partial charge in [-0.1, -0.05) is 56.3 Å². The van der Waals surface area contributed by atoms with E-state index in [1.54, 1.807) is 14.0 Å². The molecule has 1 amide bonds. The zero-order valence-electron chi connectivity index (χ0n) is 21.2. The van der Waals surface area contributed by atoms with E-state index in [1.807, 2.05) is 68.4 Å². The van der Waals surface area contributed by atoms with Crippen LogP contribution in [0, 0.1) is 5.92 Å². The number of anilines is 2. The number of H-pyrrole nitrogens is 1. The van der Waals surface area contributed by atoms with Crippen molar-refractivity contribution in [1.29, 1.82) is 0 Å². The predicted molar refractivity (Wildman–Crippen MR) is 140 cm³/mol. The highest BCUT2D eigenvalue weighted by Gasteiger charge is 2.28. The first-order valence-electron chi connectivity index (χ1n) is 11.9. The largest absolute Gasteiger partial charge is 0.497 e. The molecule has 36 heavy (non-hydrogen) atoms. The lowest BCUT2D eigenvalue weighted by Gasteiger charge is -2.27. The van der Waals surface area contributed by atoms with E-state index in [9.17, 15) is 14.4 Å². The van der Waals surface area contributed by atoms with E-state index in [1.165, 1.54) is 9.47 Å². The number of hydrogen-bond acceptors (Lipinski definition) is 6. The number of benzene rings is 2. The Morgan fingerprint density at radius 2 is 1.75 bits per heavy atom. The molecule has 3 rings (SSSR count). The number of rotatable bonds is 11. The molecule has 0 aliphatic heterocycles. The average Bonchev–Trinajstić information content (AvgIpc) is 2.87. The molecule has 0 aliphatic carbocycles. The molecular weight excluding hydrogens is 460 g/mol. The van der Waals surface area contributed by atoms with Gasteiger partial charge in [0.15, 0.2) is 5.69 Å². The van der Waals surface area contributed by atoms with Gasteiger partial charge in [-0.2, -0.15) is 0 Å². The van der Waals surface area contributed by atoms with Gasteiger partial charge >= 0.3 is 5.69 Å². The third-order valence-electron chi connectivity index (χ3n) is 5.85. The van der Waals surface area contributed by atoms with Crippen LogP contribution in [0.1, 0.15) is 38.3 Å². The standard InChI is InChI=1S/C27H34N4O5/c1-18(2)13-14-30(26(33)19(3)36-17-21-11-8-12-22(15-21)35-4)23-24(28)31(27(34)29-25(23)32)16-20-9-6-5-7-10-20/h5-12,15,18-19H,13-14,16-17,28H2,1-4H3,(H,29,32,34). The fraction of sp³-hybridized carbons (Fsp3) is 0.370. The molecule has 1 unspecified atom stereocenters. The Labute approximate surface area is 210 Å². The molecule has 192 valence electrons. The van der Waals surface area contributed by atoms with Crippen LogP contribution in [0.3, 0.4) is 0 Å². The van der Waals surface area contributed by atoms with Gasteiger partial charge in [0, 0.05) is 6.54 Å². The van der Waals surface area contributed by atoms with Crippen molar-refractivity contribution in [2.24, 2.45) is 5.92 Å². The molecule has 3 N–H and O–H groups in total. The van der Waals surface area contributed by atoms with Crippen molar-refractivity contribution in [2.45, 2.75) is 46.4 Å². The second kappa shape index (κ2) is 12.2. The Kier molecular flexibility index (Phi) is 9.08. The third-order valence-corrected chi connectivity index (χ3v) is 5.85. The number of nitrogen functional groups attached to an aromatic ring is 1. The average molecular weight is 495 g/mol. The molecule has 9 nitrogen and oxygen atoms in total. The van der Waals surface area contributed by atoms with E-state index < -0.39 is 23.3 Å². The molecule has 0 bridgehead atoms. The highest BCUT2D eigenvalue weighted by atomic mass is 16.5. The summed E-state index contributed by atoms with van der Waals surface area (Å²) >= 11 is 0. The van der Waals surface area contributed by atoms with Gasteiger partial charge in [-0.3, -0.25) is 19.1 Å². The number of carbonyl (C=O) groups is 1. The molecule has 2 aromatic carbocycles. The number of nitrogens with two attached hydrogens (primary N) is 1. The van der Waals surface area contributed by atoms with Gasteiger partial charge in [0.25, 0.3) is 11.5 Å². The molecule has 3 aromatic rings. The number of amides is 1. The summed E-state index contributed by atoms with van der Waals surface area (Å²) < 4.78 is 12.4. The summed E-state index contributed by atoms with van der Waals surface area (Å²) in [6.07, 6.45) is -0.234. The minimum atomic E-state index is -0.864. The van der Waals surface area contributed by atoms with Crippen LogP contribution in [0.4, 0.5) is 11.5 Å². The van der Waals surface area contributed by atoms with Crippen molar-refractivity contribution in [1.82, 2.24) is 9.55 Å². The smallest absolute Gasteiger partial charge is 0.330 e. The van der Waals surface area contributed by atoms with Crippen LogP contribution in [0.15, 0.2) is 64.2 Å². The fourth-order valence-electron chi connectivity index (χ4n) is 3.75. The van der Waals surface area contributed by atoms with E-state index >= 15 is 0 Å². The first-order chi connectivity index (χ1) is 17.2. The summed E-state index contributed by atoms with van der Waals surface area (Å²) in [7, 11) is 1.58. The lowest BCUT2D eigenvalue weighted by molar-refractivity contribution is -0.129. The Bertz CT molecular complexity index is 1280. The van der Waals surface area contributed by atoms with Crippen molar-refractivity contribution < 1.29 is 14.3 Å². The van der Waals surface area contributed by atoms with Crippen molar-refractivity contribution in [3.63, 3.8) is 0 Å². The van der Waals surface area contributed by atoms with Gasteiger partial charge in [0.05, 0.1) is 20.3 Å². The molecule has 0 spiro atoms. The van der Waals surface area contributed by atoms with Crippen molar-refractivity contribution in [2.75, 3.05) is 24.3 Å². The quantitative estimate of drug-likeness (QED) is 0.423. The van der Waals surface area contributed by atoms with Gasteiger partial charge in [-0.15, -0.1) is 0 Å². The van der Waals surface area contributed by atoms with E-state index in [0.717, 1.165) is 11.1 Å². The zero-order valence-corrected chi connectivity index (χ0v) is 21.2. The summed E-state index contributed by atoms with van der Waals surface area (Å²) in [4.78, 5) is 42.7. The maximum Gasteiger partial charge on any atom is 0.330 e. The minimum Gasteiger partial charge on any atom is -0.497 e. The van der Waals surface area contributed by atoms with Crippen LogP contribution in [0.5, 0.6) is 5.75 Å². The molecule has 9 heteroatoms. The predicted octanol–water partition coefficient (Wildman–Crippen LogP) is 3.16. The Balaban J connectivity index is 1.92. The summed E-state index contributed by atoms with van der Waals surface area (Å²) in [6.45, 7) is 6.27. The van der Waals surface area contributed by atoms with Gasteiger partial charge in [0.1, 0.15) is 17.7 Å². The van der Waals surface area contributed by atoms with Gasteiger partial charge < -0.3 is 20.1 Å². The molecule has 0 saturated heterocycles. The fourth-order valence-corrected chi connectivity index (χ4v) is 3.75. The van der Waals surface area contributed by atoms with E-state index in [4.69, 9.17) is 15.2 Å². The number of hydrogen-bond donors (Lipinski definition) is 2. The molecular formula is C27H34N4O5. The van der Waals surface area contributed by atoms with Crippen LogP contribution >= 0.6 is 0 Å². The summed E-state index contributed by atoms with van der Waals surface area (Å²) in [5.41, 5.74) is 6.65. The molecule has 0 saturated carbocycles. The van der Waals surface area contributed by atoms with Crippen LogP contribution < -0.4 is 26.6 Å². The topological polar surface area (TPSA) is 120 Å². The van der Waals surface area contributed by atoms with Gasteiger partial charge in [0.2, 0.25) is 0 Å². The Morgan fingerprint density at radius 3 is 2.42 bits per heavy atom. The molecule has 1 aromatic heterocycles. The van der Waals surface area contributed by atoms with Crippen LogP contribution in [-0.4, -0.2) is 35.2 Å².